The largest absolute Gasteiger partial charge is 0.396 e. The lowest BCUT2D eigenvalue weighted by atomic mass is 9.86. The first-order chi connectivity index (χ1) is 7.62. The highest BCUT2D eigenvalue weighted by atomic mass is 16.5. The Morgan fingerprint density at radius 3 is 3.00 bits per heavy atom. The first-order valence-electron chi connectivity index (χ1n) is 6.10. The molecule has 0 aromatic rings. The van der Waals surface area contributed by atoms with Gasteiger partial charge in [-0.1, -0.05) is 13.3 Å². The van der Waals surface area contributed by atoms with Crippen LogP contribution in [0.2, 0.25) is 0 Å². The highest BCUT2D eigenvalue weighted by Gasteiger charge is 2.38. The second kappa shape index (κ2) is 6.21. The summed E-state index contributed by atoms with van der Waals surface area (Å²) in [4.78, 5) is 11.6. The van der Waals surface area contributed by atoms with E-state index in [1.54, 1.807) is 0 Å². The molecule has 0 radical (unpaired) electrons. The van der Waals surface area contributed by atoms with Gasteiger partial charge in [0.2, 0.25) is 5.91 Å². The van der Waals surface area contributed by atoms with Gasteiger partial charge in [0.1, 0.15) is 0 Å². The first-order valence-corrected chi connectivity index (χ1v) is 6.10. The van der Waals surface area contributed by atoms with E-state index in [0.717, 1.165) is 19.3 Å². The molecule has 0 heterocycles. The smallest absolute Gasteiger partial charge is 0.222 e. The molecule has 0 saturated heterocycles. The van der Waals surface area contributed by atoms with Crippen LogP contribution in [0, 0.1) is 5.41 Å². The topological polar surface area (TPSA) is 58.6 Å². The molecule has 0 aromatic heterocycles. The summed E-state index contributed by atoms with van der Waals surface area (Å²) in [6.45, 7) is 5.21. The van der Waals surface area contributed by atoms with Crippen LogP contribution in [0.1, 0.15) is 39.5 Å². The van der Waals surface area contributed by atoms with Crippen molar-refractivity contribution in [1.82, 2.24) is 5.32 Å². The maximum atomic E-state index is 11.6. The Morgan fingerprint density at radius 1 is 1.62 bits per heavy atom. The maximum Gasteiger partial charge on any atom is 0.222 e. The van der Waals surface area contributed by atoms with E-state index in [4.69, 9.17) is 4.74 Å². The fourth-order valence-electron chi connectivity index (χ4n) is 2.24. The van der Waals surface area contributed by atoms with Crippen molar-refractivity contribution >= 4 is 5.91 Å². The number of carbonyl (C=O) groups excluding carboxylic acids is 1. The van der Waals surface area contributed by atoms with Crippen LogP contribution in [-0.4, -0.2) is 36.9 Å². The average molecular weight is 229 g/mol. The lowest BCUT2D eigenvalue weighted by molar-refractivity contribution is -0.123. The predicted octanol–water partition coefficient (Wildman–Crippen LogP) is 1.08. The molecule has 0 aromatic carbocycles. The molecule has 2 atom stereocenters. The van der Waals surface area contributed by atoms with Crippen molar-refractivity contribution in [2.75, 3.05) is 19.8 Å². The third kappa shape index (κ3) is 3.46. The maximum absolute atomic E-state index is 11.6. The molecule has 1 saturated carbocycles. The number of carbonyl (C=O) groups is 1. The minimum Gasteiger partial charge on any atom is -0.396 e. The van der Waals surface area contributed by atoms with Gasteiger partial charge in [-0.05, 0) is 19.8 Å². The highest BCUT2D eigenvalue weighted by molar-refractivity contribution is 5.76. The number of nitrogens with one attached hydrogen (secondary N) is 1. The molecule has 1 fully saturated rings. The molecule has 16 heavy (non-hydrogen) atoms. The summed E-state index contributed by atoms with van der Waals surface area (Å²) >= 11 is 0. The quantitative estimate of drug-likeness (QED) is 0.670. The zero-order chi connectivity index (χ0) is 12.0. The summed E-state index contributed by atoms with van der Waals surface area (Å²) < 4.78 is 5.14. The minimum absolute atomic E-state index is 0.0278. The van der Waals surface area contributed by atoms with Crippen LogP contribution in [0.15, 0.2) is 0 Å². The molecule has 1 aliphatic carbocycles. The van der Waals surface area contributed by atoms with Crippen molar-refractivity contribution in [2.24, 2.45) is 5.41 Å². The van der Waals surface area contributed by atoms with Crippen LogP contribution in [0.3, 0.4) is 0 Å². The Kier molecular flexibility index (Phi) is 5.22. The molecule has 0 aliphatic heterocycles. The van der Waals surface area contributed by atoms with Crippen LogP contribution < -0.4 is 5.32 Å². The second-order valence-corrected chi connectivity index (χ2v) is 4.77. The SMILES string of the molecule is CCOCCC(=O)NC1CCCC1(C)CO. The molecular weight excluding hydrogens is 206 g/mol. The van der Waals surface area contributed by atoms with E-state index >= 15 is 0 Å². The summed E-state index contributed by atoms with van der Waals surface area (Å²) in [6, 6.07) is 0.117. The Morgan fingerprint density at radius 2 is 2.38 bits per heavy atom. The Hall–Kier alpha value is -0.610. The molecular formula is C12H23NO3. The lowest BCUT2D eigenvalue weighted by Gasteiger charge is -2.30. The van der Waals surface area contributed by atoms with Gasteiger partial charge in [0.15, 0.2) is 0 Å². The molecule has 0 spiro atoms. The van der Waals surface area contributed by atoms with E-state index in [-0.39, 0.29) is 24.0 Å². The van der Waals surface area contributed by atoms with Crippen LogP contribution in [0.4, 0.5) is 0 Å². The summed E-state index contributed by atoms with van der Waals surface area (Å²) in [5, 5.41) is 12.3. The number of aliphatic hydroxyl groups excluding tert-OH is 1. The fourth-order valence-corrected chi connectivity index (χ4v) is 2.24. The fraction of sp³-hybridized carbons (Fsp3) is 0.917. The summed E-state index contributed by atoms with van der Waals surface area (Å²) in [6.07, 6.45) is 3.44. The number of rotatable bonds is 6. The molecule has 1 rings (SSSR count). The Labute approximate surface area is 97.4 Å². The third-order valence-electron chi connectivity index (χ3n) is 3.46. The molecule has 2 N–H and O–H groups in total. The zero-order valence-electron chi connectivity index (χ0n) is 10.3. The summed E-state index contributed by atoms with van der Waals surface area (Å²) in [7, 11) is 0. The minimum atomic E-state index is -0.138. The van der Waals surface area contributed by atoms with Gasteiger partial charge in [0.25, 0.3) is 0 Å². The van der Waals surface area contributed by atoms with E-state index in [1.807, 2.05) is 13.8 Å². The van der Waals surface area contributed by atoms with Crippen molar-refractivity contribution in [3.05, 3.63) is 0 Å². The second-order valence-electron chi connectivity index (χ2n) is 4.77. The standard InChI is InChI=1S/C12H23NO3/c1-3-16-8-6-11(15)13-10-5-4-7-12(10,2)9-14/h10,14H,3-9H2,1-2H3,(H,13,15). The van der Waals surface area contributed by atoms with Gasteiger partial charge in [-0.3, -0.25) is 4.79 Å². The molecule has 2 unspecified atom stereocenters. The van der Waals surface area contributed by atoms with Gasteiger partial charge >= 0.3 is 0 Å². The molecule has 4 heteroatoms. The van der Waals surface area contributed by atoms with Crippen molar-refractivity contribution in [3.8, 4) is 0 Å². The number of aliphatic hydroxyl groups is 1. The van der Waals surface area contributed by atoms with E-state index in [1.165, 1.54) is 0 Å². The van der Waals surface area contributed by atoms with Crippen LogP contribution in [0.5, 0.6) is 0 Å². The molecule has 4 nitrogen and oxygen atoms in total. The van der Waals surface area contributed by atoms with Crippen LogP contribution in [0.25, 0.3) is 0 Å². The zero-order valence-corrected chi connectivity index (χ0v) is 10.3. The predicted molar refractivity (Wildman–Crippen MR) is 62.1 cm³/mol. The number of amides is 1. The van der Waals surface area contributed by atoms with Gasteiger partial charge in [0.05, 0.1) is 13.2 Å². The first kappa shape index (κ1) is 13.5. The van der Waals surface area contributed by atoms with E-state index in [9.17, 15) is 9.90 Å². The van der Waals surface area contributed by atoms with Crippen molar-refractivity contribution in [3.63, 3.8) is 0 Å². The average Bonchev–Trinajstić information content (AvgIpc) is 2.62. The van der Waals surface area contributed by atoms with Crippen molar-refractivity contribution in [1.29, 1.82) is 0 Å². The van der Waals surface area contributed by atoms with Crippen LogP contribution in [-0.2, 0) is 9.53 Å². The molecule has 94 valence electrons. The van der Waals surface area contributed by atoms with Gasteiger partial charge < -0.3 is 15.2 Å². The van der Waals surface area contributed by atoms with Crippen molar-refractivity contribution in [2.45, 2.75) is 45.6 Å². The van der Waals surface area contributed by atoms with Gasteiger partial charge in [-0.25, -0.2) is 0 Å². The number of ether oxygens (including phenoxy) is 1. The lowest BCUT2D eigenvalue weighted by Crippen LogP contribution is -2.45. The molecule has 0 bridgehead atoms. The monoisotopic (exact) mass is 229 g/mol. The number of hydrogen-bond acceptors (Lipinski definition) is 3. The Bertz CT molecular complexity index is 232. The summed E-state index contributed by atoms with van der Waals surface area (Å²) in [5.74, 6) is 0.0278. The van der Waals surface area contributed by atoms with Gasteiger partial charge in [0, 0.05) is 24.5 Å². The molecule has 1 amide bonds. The van der Waals surface area contributed by atoms with Crippen molar-refractivity contribution < 1.29 is 14.6 Å². The third-order valence-corrected chi connectivity index (χ3v) is 3.46. The number of hydrogen-bond donors (Lipinski definition) is 2. The van der Waals surface area contributed by atoms with Crippen LogP contribution >= 0.6 is 0 Å². The van der Waals surface area contributed by atoms with E-state index < -0.39 is 0 Å². The normalized spacial score (nSPS) is 29.3. The Balaban J connectivity index is 2.33. The van der Waals surface area contributed by atoms with Gasteiger partial charge in [-0.2, -0.15) is 0 Å². The molecule has 1 aliphatic rings. The van der Waals surface area contributed by atoms with Gasteiger partial charge in [-0.15, -0.1) is 0 Å². The van der Waals surface area contributed by atoms with E-state index in [0.29, 0.717) is 19.6 Å². The van der Waals surface area contributed by atoms with E-state index in [2.05, 4.69) is 5.32 Å². The summed E-state index contributed by atoms with van der Waals surface area (Å²) in [5.41, 5.74) is -0.138. The highest BCUT2D eigenvalue weighted by Crippen LogP contribution is 2.37.